The quantitative estimate of drug-likeness (QED) is 0.558. The van der Waals surface area contributed by atoms with Gasteiger partial charge in [0.2, 0.25) is 0 Å². The fourth-order valence-electron chi connectivity index (χ4n) is 1.79. The van der Waals surface area contributed by atoms with Gasteiger partial charge in [-0.1, -0.05) is 38.1 Å². The summed E-state index contributed by atoms with van der Waals surface area (Å²) in [6.45, 7) is 10.3. The second-order valence-corrected chi connectivity index (χ2v) is 6.20. The number of nitrogens with one attached hydrogen (secondary N) is 1. The first-order chi connectivity index (χ1) is 9.58. The third-order valence-electron chi connectivity index (χ3n) is 3.06. The summed E-state index contributed by atoms with van der Waals surface area (Å²) < 4.78 is 20.6. The Kier molecular flexibility index (Phi) is 7.73. The van der Waals surface area contributed by atoms with Crippen LogP contribution < -0.4 is 9.46 Å². The van der Waals surface area contributed by atoms with Crippen LogP contribution >= 0.6 is 0 Å². The SMILES string of the molecule is C=CCOc1cc([C@H](C)N[S+]([O-])CCCC)ccc1C. The second-order valence-electron chi connectivity index (χ2n) is 4.87. The van der Waals surface area contributed by atoms with Gasteiger partial charge in [0, 0.05) is 11.4 Å². The van der Waals surface area contributed by atoms with E-state index in [0.29, 0.717) is 12.4 Å². The van der Waals surface area contributed by atoms with Crippen LogP contribution in [0.4, 0.5) is 0 Å². The van der Waals surface area contributed by atoms with Crippen molar-refractivity contribution in [2.45, 2.75) is 39.7 Å². The Morgan fingerprint density at radius 2 is 2.25 bits per heavy atom. The maximum atomic E-state index is 11.9. The molecule has 0 heterocycles. The predicted octanol–water partition coefficient (Wildman–Crippen LogP) is 3.67. The first-order valence-corrected chi connectivity index (χ1v) is 8.39. The fourth-order valence-corrected chi connectivity index (χ4v) is 2.99. The average molecular weight is 295 g/mol. The molecule has 0 bridgehead atoms. The highest BCUT2D eigenvalue weighted by molar-refractivity contribution is 7.89. The van der Waals surface area contributed by atoms with Gasteiger partial charge in [0.15, 0.2) is 0 Å². The van der Waals surface area contributed by atoms with Crippen molar-refractivity contribution in [2.24, 2.45) is 0 Å². The van der Waals surface area contributed by atoms with Gasteiger partial charge in [0.1, 0.15) is 18.1 Å². The lowest BCUT2D eigenvalue weighted by Gasteiger charge is -2.18. The summed E-state index contributed by atoms with van der Waals surface area (Å²) in [7, 11) is 0. The molecule has 1 N–H and O–H groups in total. The first kappa shape index (κ1) is 17.1. The average Bonchev–Trinajstić information content (AvgIpc) is 2.44. The van der Waals surface area contributed by atoms with Gasteiger partial charge in [-0.15, -0.1) is 4.72 Å². The van der Waals surface area contributed by atoms with E-state index in [9.17, 15) is 4.55 Å². The van der Waals surface area contributed by atoms with Crippen molar-refractivity contribution in [2.75, 3.05) is 12.4 Å². The van der Waals surface area contributed by atoms with Crippen LogP contribution in [0, 0.1) is 6.92 Å². The van der Waals surface area contributed by atoms with Crippen molar-refractivity contribution >= 4 is 11.4 Å². The van der Waals surface area contributed by atoms with Gasteiger partial charge < -0.3 is 9.29 Å². The van der Waals surface area contributed by atoms with Crippen LogP contribution in [0.2, 0.25) is 0 Å². The monoisotopic (exact) mass is 295 g/mol. The molecule has 1 aromatic carbocycles. The molecule has 3 nitrogen and oxygen atoms in total. The van der Waals surface area contributed by atoms with Gasteiger partial charge in [0.05, 0.1) is 6.04 Å². The van der Waals surface area contributed by atoms with E-state index in [0.717, 1.165) is 29.7 Å². The normalized spacial score (nSPS) is 13.8. The summed E-state index contributed by atoms with van der Waals surface area (Å²) in [4.78, 5) is 0. The molecule has 0 saturated carbocycles. The van der Waals surface area contributed by atoms with E-state index in [1.807, 2.05) is 32.0 Å². The van der Waals surface area contributed by atoms with Crippen molar-refractivity contribution in [3.8, 4) is 5.75 Å². The minimum absolute atomic E-state index is 0.0411. The van der Waals surface area contributed by atoms with Crippen molar-refractivity contribution in [1.82, 2.24) is 4.72 Å². The molecule has 0 aliphatic carbocycles. The first-order valence-electron chi connectivity index (χ1n) is 7.07. The predicted molar refractivity (Wildman–Crippen MR) is 86.3 cm³/mol. The zero-order valence-corrected chi connectivity index (χ0v) is 13.5. The molecule has 0 radical (unpaired) electrons. The molecule has 20 heavy (non-hydrogen) atoms. The molecule has 1 rings (SSSR count). The standard InChI is InChI=1S/C16H25NO2S/c1-5-7-11-20(18)17-14(4)15-9-8-13(3)16(12-15)19-10-6-2/h6,8-9,12,14,17H,2,5,7,10-11H2,1,3-4H3/t14-,20?/m0/s1. The summed E-state index contributed by atoms with van der Waals surface area (Å²) >= 11 is -0.975. The number of benzene rings is 1. The summed E-state index contributed by atoms with van der Waals surface area (Å²) in [5.41, 5.74) is 2.18. The van der Waals surface area contributed by atoms with E-state index in [1.165, 1.54) is 0 Å². The van der Waals surface area contributed by atoms with Gasteiger partial charge in [-0.05, 0) is 37.5 Å². The number of hydrogen-bond acceptors (Lipinski definition) is 3. The molecule has 0 spiro atoms. The van der Waals surface area contributed by atoms with E-state index in [-0.39, 0.29) is 6.04 Å². The number of ether oxygens (including phenoxy) is 1. The van der Waals surface area contributed by atoms with Gasteiger partial charge in [-0.25, -0.2) is 0 Å². The summed E-state index contributed by atoms with van der Waals surface area (Å²) in [5, 5.41) is 0. The molecule has 0 aromatic heterocycles. The molecule has 2 atom stereocenters. The molecule has 0 fully saturated rings. The Bertz CT molecular complexity index is 423. The minimum atomic E-state index is -0.975. The molecular weight excluding hydrogens is 270 g/mol. The fraction of sp³-hybridized carbons (Fsp3) is 0.500. The number of aryl methyl sites for hydroxylation is 1. The van der Waals surface area contributed by atoms with Gasteiger partial charge in [-0.3, -0.25) is 0 Å². The maximum absolute atomic E-state index is 11.9. The molecule has 1 unspecified atom stereocenters. The minimum Gasteiger partial charge on any atom is -0.598 e. The van der Waals surface area contributed by atoms with Crippen LogP contribution in [0.5, 0.6) is 5.75 Å². The van der Waals surface area contributed by atoms with E-state index < -0.39 is 11.4 Å². The van der Waals surface area contributed by atoms with Gasteiger partial charge >= 0.3 is 0 Å². The van der Waals surface area contributed by atoms with Crippen LogP contribution in [0.3, 0.4) is 0 Å². The van der Waals surface area contributed by atoms with E-state index in [2.05, 4.69) is 18.2 Å². The Labute approximate surface area is 125 Å². The molecule has 112 valence electrons. The zero-order valence-electron chi connectivity index (χ0n) is 12.6. The Morgan fingerprint density at radius 3 is 2.90 bits per heavy atom. The Balaban J connectivity index is 2.67. The van der Waals surface area contributed by atoms with Crippen molar-refractivity contribution in [3.63, 3.8) is 0 Å². The van der Waals surface area contributed by atoms with E-state index in [1.54, 1.807) is 6.08 Å². The molecule has 0 aliphatic heterocycles. The molecule has 4 heteroatoms. The Morgan fingerprint density at radius 1 is 1.50 bits per heavy atom. The third-order valence-corrected chi connectivity index (χ3v) is 4.34. The number of rotatable bonds is 9. The second kappa shape index (κ2) is 9.06. The molecule has 0 amide bonds. The molecule has 0 saturated heterocycles. The summed E-state index contributed by atoms with van der Waals surface area (Å²) in [6, 6.07) is 6.12. The summed E-state index contributed by atoms with van der Waals surface area (Å²) in [6.07, 6.45) is 3.77. The zero-order chi connectivity index (χ0) is 15.0. The lowest BCUT2D eigenvalue weighted by Crippen LogP contribution is -2.29. The smallest absolute Gasteiger partial charge is 0.125 e. The highest BCUT2D eigenvalue weighted by Gasteiger charge is 2.14. The largest absolute Gasteiger partial charge is 0.598 e. The lowest BCUT2D eigenvalue weighted by atomic mass is 10.1. The molecule has 1 aromatic rings. The van der Waals surface area contributed by atoms with Gasteiger partial charge in [-0.2, -0.15) is 0 Å². The van der Waals surface area contributed by atoms with Crippen LogP contribution in [0.15, 0.2) is 30.9 Å². The highest BCUT2D eigenvalue weighted by atomic mass is 32.2. The number of unbranched alkanes of at least 4 members (excludes halogenated alkanes) is 1. The molecule has 0 aliphatic rings. The lowest BCUT2D eigenvalue weighted by molar-refractivity contribution is 0.360. The van der Waals surface area contributed by atoms with Crippen LogP contribution in [0.25, 0.3) is 0 Å². The highest BCUT2D eigenvalue weighted by Crippen LogP contribution is 2.24. The molecular formula is C16H25NO2S. The van der Waals surface area contributed by atoms with E-state index in [4.69, 9.17) is 4.74 Å². The Hall–Kier alpha value is -0.970. The van der Waals surface area contributed by atoms with E-state index >= 15 is 0 Å². The van der Waals surface area contributed by atoms with Crippen molar-refractivity contribution in [1.29, 1.82) is 0 Å². The van der Waals surface area contributed by atoms with Gasteiger partial charge in [0.25, 0.3) is 0 Å². The van der Waals surface area contributed by atoms with Crippen LogP contribution in [-0.2, 0) is 11.4 Å². The van der Waals surface area contributed by atoms with Crippen molar-refractivity contribution in [3.05, 3.63) is 42.0 Å². The van der Waals surface area contributed by atoms with Crippen molar-refractivity contribution < 1.29 is 9.29 Å². The number of hydrogen-bond donors (Lipinski definition) is 1. The van der Waals surface area contributed by atoms with Crippen LogP contribution in [-0.4, -0.2) is 16.9 Å². The van der Waals surface area contributed by atoms with Crippen LogP contribution in [0.1, 0.15) is 43.9 Å². The maximum Gasteiger partial charge on any atom is 0.125 e. The topological polar surface area (TPSA) is 44.3 Å². The third kappa shape index (κ3) is 5.57. The summed E-state index contributed by atoms with van der Waals surface area (Å²) in [5.74, 6) is 1.56.